The Balaban J connectivity index is 1.22. The van der Waals surface area contributed by atoms with Gasteiger partial charge in [0.15, 0.2) is 0 Å². The van der Waals surface area contributed by atoms with Crippen LogP contribution in [0.4, 0.5) is 5.82 Å². The molecule has 2 aromatic heterocycles. The van der Waals surface area contributed by atoms with Crippen molar-refractivity contribution in [3.05, 3.63) is 34.2 Å². The highest BCUT2D eigenvalue weighted by Crippen LogP contribution is 2.21. The fourth-order valence-corrected chi connectivity index (χ4v) is 4.44. The number of carbonyl (C=O) groups is 2. The Labute approximate surface area is 178 Å². The summed E-state index contributed by atoms with van der Waals surface area (Å²) in [6, 6.07) is 1.69. The lowest BCUT2D eigenvalue weighted by Crippen LogP contribution is -2.56. The molecule has 1 fully saturated rings. The quantitative estimate of drug-likeness (QED) is 0.547. The lowest BCUT2D eigenvalue weighted by molar-refractivity contribution is -0.132. The van der Waals surface area contributed by atoms with Crippen LogP contribution >= 0.6 is 11.3 Å². The predicted molar refractivity (Wildman–Crippen MR) is 111 cm³/mol. The number of carbonyl (C=O) groups excluding carboxylic acids is 2. The molecule has 10 nitrogen and oxygen atoms in total. The monoisotopic (exact) mass is 431 g/mol. The van der Waals surface area contributed by atoms with Crippen LogP contribution in [0.5, 0.6) is 0 Å². The molecule has 160 valence electrons. The maximum absolute atomic E-state index is 12.4. The zero-order valence-electron chi connectivity index (χ0n) is 16.7. The maximum Gasteiger partial charge on any atom is 0.270 e. The molecular weight excluding hydrogens is 406 g/mol. The molecule has 1 saturated heterocycles. The van der Waals surface area contributed by atoms with Crippen molar-refractivity contribution in [1.29, 1.82) is 0 Å². The number of nitrogens with zero attached hydrogens (tertiary/aromatic N) is 5. The van der Waals surface area contributed by atoms with Crippen molar-refractivity contribution in [1.82, 2.24) is 30.1 Å². The molecule has 30 heavy (non-hydrogen) atoms. The normalized spacial score (nSPS) is 17.7. The van der Waals surface area contributed by atoms with Crippen LogP contribution in [0.2, 0.25) is 0 Å². The van der Waals surface area contributed by atoms with Crippen LogP contribution in [0.3, 0.4) is 0 Å². The fraction of sp³-hybridized carbons (Fsp3) is 0.526. The zero-order chi connectivity index (χ0) is 21.1. The zero-order valence-corrected chi connectivity index (χ0v) is 17.6. The Morgan fingerprint density at radius 1 is 1.33 bits per heavy atom. The number of amides is 2. The first kappa shape index (κ1) is 20.6. The smallest absolute Gasteiger partial charge is 0.270 e. The van der Waals surface area contributed by atoms with Gasteiger partial charge in [0.2, 0.25) is 5.91 Å². The summed E-state index contributed by atoms with van der Waals surface area (Å²) in [5.41, 5.74) is 3.25. The van der Waals surface area contributed by atoms with Gasteiger partial charge in [0.1, 0.15) is 17.8 Å². The second-order valence-corrected chi connectivity index (χ2v) is 8.56. The first-order chi connectivity index (χ1) is 14.5. The van der Waals surface area contributed by atoms with Crippen molar-refractivity contribution in [3.8, 4) is 0 Å². The molecule has 4 rings (SSSR count). The van der Waals surface area contributed by atoms with E-state index >= 15 is 0 Å². The number of hydrogen-bond acceptors (Lipinski definition) is 9. The summed E-state index contributed by atoms with van der Waals surface area (Å²) >= 11 is 1.64. The molecule has 0 bridgehead atoms. The van der Waals surface area contributed by atoms with E-state index < -0.39 is 6.10 Å². The SMILES string of the molecule is CC(=O)N1CC(Nc2cc(C(=O)NC[C@H](O)CN3CCc4ncsc4C3)ncn2)C1. The van der Waals surface area contributed by atoms with Gasteiger partial charge in [-0.3, -0.25) is 14.5 Å². The molecule has 2 aliphatic rings. The van der Waals surface area contributed by atoms with E-state index in [1.54, 1.807) is 29.2 Å². The molecule has 0 aliphatic carbocycles. The molecule has 0 aromatic carbocycles. The second kappa shape index (κ2) is 9.02. The van der Waals surface area contributed by atoms with Gasteiger partial charge in [-0.2, -0.15) is 0 Å². The topological polar surface area (TPSA) is 124 Å². The summed E-state index contributed by atoms with van der Waals surface area (Å²) in [4.78, 5) is 41.3. The summed E-state index contributed by atoms with van der Waals surface area (Å²) < 4.78 is 0. The van der Waals surface area contributed by atoms with Crippen molar-refractivity contribution >= 4 is 29.0 Å². The van der Waals surface area contributed by atoms with Crippen LogP contribution in [-0.4, -0.2) is 86.5 Å². The van der Waals surface area contributed by atoms with Crippen LogP contribution in [0.25, 0.3) is 0 Å². The van der Waals surface area contributed by atoms with Gasteiger partial charge in [0.05, 0.1) is 23.4 Å². The molecule has 11 heteroatoms. The third-order valence-electron chi connectivity index (χ3n) is 5.30. The number of nitrogens with one attached hydrogen (secondary N) is 2. The first-order valence-corrected chi connectivity index (χ1v) is 10.8. The van der Waals surface area contributed by atoms with E-state index in [0.29, 0.717) is 25.5 Å². The minimum absolute atomic E-state index is 0.0476. The lowest BCUT2D eigenvalue weighted by atomic mass is 10.1. The number of likely N-dealkylation sites (tertiary alicyclic amines) is 1. The average molecular weight is 432 g/mol. The first-order valence-electron chi connectivity index (χ1n) is 9.92. The van der Waals surface area contributed by atoms with E-state index in [2.05, 4.69) is 30.5 Å². The minimum Gasteiger partial charge on any atom is -0.390 e. The average Bonchev–Trinajstić information content (AvgIpc) is 3.16. The lowest BCUT2D eigenvalue weighted by Gasteiger charge is -2.39. The summed E-state index contributed by atoms with van der Waals surface area (Å²) in [7, 11) is 0. The van der Waals surface area contributed by atoms with Crippen LogP contribution < -0.4 is 10.6 Å². The van der Waals surface area contributed by atoms with Gasteiger partial charge in [0.25, 0.3) is 5.91 Å². The van der Waals surface area contributed by atoms with E-state index in [4.69, 9.17) is 0 Å². The van der Waals surface area contributed by atoms with E-state index in [1.807, 2.05) is 5.51 Å². The predicted octanol–water partition coefficient (Wildman–Crippen LogP) is -0.275. The molecule has 2 aromatic rings. The van der Waals surface area contributed by atoms with Gasteiger partial charge in [0, 0.05) is 63.6 Å². The summed E-state index contributed by atoms with van der Waals surface area (Å²) in [6.45, 7) is 5.05. The van der Waals surface area contributed by atoms with Gasteiger partial charge in [-0.25, -0.2) is 15.0 Å². The number of aliphatic hydroxyl groups excluding tert-OH is 1. The molecule has 3 N–H and O–H groups in total. The standard InChI is InChI=1S/C19H25N7O3S/c1-12(27)26-6-13(7-26)24-18-4-16(21-10-22-18)19(29)20-5-14(28)8-25-3-2-15-17(9-25)30-11-23-15/h4,10-11,13-14,28H,2-3,5-9H2,1H3,(H,20,29)(H,21,22,24)/t14-/m0/s1. The number of aliphatic hydroxyl groups is 1. The number of fused-ring (bicyclic) bond motifs is 1. The van der Waals surface area contributed by atoms with E-state index in [1.165, 1.54) is 11.2 Å². The Bertz CT molecular complexity index is 915. The molecule has 1 atom stereocenters. The molecule has 0 saturated carbocycles. The molecule has 0 spiro atoms. The molecular formula is C19H25N7O3S. The maximum atomic E-state index is 12.4. The second-order valence-electron chi connectivity index (χ2n) is 7.62. The number of anilines is 1. The largest absolute Gasteiger partial charge is 0.390 e. The van der Waals surface area contributed by atoms with Crippen molar-refractivity contribution in [2.45, 2.75) is 32.0 Å². The Morgan fingerprint density at radius 3 is 2.97 bits per heavy atom. The summed E-state index contributed by atoms with van der Waals surface area (Å²) in [5.74, 6) is 0.228. The van der Waals surface area contributed by atoms with Crippen LogP contribution in [-0.2, 0) is 17.8 Å². The fourth-order valence-electron chi connectivity index (χ4n) is 3.59. The van der Waals surface area contributed by atoms with Gasteiger partial charge in [-0.1, -0.05) is 0 Å². The van der Waals surface area contributed by atoms with Crippen LogP contribution in [0, 0.1) is 0 Å². The van der Waals surface area contributed by atoms with Crippen molar-refractivity contribution in [3.63, 3.8) is 0 Å². The summed E-state index contributed by atoms with van der Waals surface area (Å²) in [6.07, 6.45) is 1.55. The van der Waals surface area contributed by atoms with Crippen molar-refractivity contribution < 1.29 is 14.7 Å². The molecule has 4 heterocycles. The minimum atomic E-state index is -0.671. The number of aromatic nitrogens is 3. The highest BCUT2D eigenvalue weighted by atomic mass is 32.1. The van der Waals surface area contributed by atoms with Gasteiger partial charge < -0.3 is 20.6 Å². The Kier molecular flexibility index (Phi) is 6.21. The molecule has 2 amide bonds. The molecule has 2 aliphatic heterocycles. The number of hydrogen-bond donors (Lipinski definition) is 3. The molecule has 0 unspecified atom stereocenters. The third-order valence-corrected chi connectivity index (χ3v) is 6.16. The number of rotatable bonds is 7. The highest BCUT2D eigenvalue weighted by molar-refractivity contribution is 7.09. The van der Waals surface area contributed by atoms with Gasteiger partial charge in [-0.05, 0) is 0 Å². The Morgan fingerprint density at radius 2 is 2.17 bits per heavy atom. The van der Waals surface area contributed by atoms with E-state index in [0.717, 1.165) is 25.2 Å². The van der Waals surface area contributed by atoms with E-state index in [9.17, 15) is 14.7 Å². The summed E-state index contributed by atoms with van der Waals surface area (Å²) in [5, 5.41) is 16.3. The van der Waals surface area contributed by atoms with Gasteiger partial charge in [-0.15, -0.1) is 11.3 Å². The van der Waals surface area contributed by atoms with Gasteiger partial charge >= 0.3 is 0 Å². The van der Waals surface area contributed by atoms with Crippen molar-refractivity contribution in [2.75, 3.05) is 38.0 Å². The Hall–Kier alpha value is -2.63. The van der Waals surface area contributed by atoms with Crippen molar-refractivity contribution in [2.24, 2.45) is 0 Å². The van der Waals surface area contributed by atoms with Crippen LogP contribution in [0.1, 0.15) is 28.0 Å². The molecule has 0 radical (unpaired) electrons. The number of β-amino-alcohol motifs (C(OH)–C–C–N with tert-alkyl or cyclic N) is 1. The van der Waals surface area contributed by atoms with Crippen LogP contribution in [0.15, 0.2) is 17.9 Å². The highest BCUT2D eigenvalue weighted by Gasteiger charge is 2.28. The number of thiazole rings is 1. The van der Waals surface area contributed by atoms with E-state index in [-0.39, 0.29) is 30.1 Å². The third kappa shape index (κ3) is 4.91.